The number of benzene rings is 1. The number of aryl methyl sites for hydroxylation is 1. The third kappa shape index (κ3) is 1.88. The Morgan fingerprint density at radius 1 is 1.39 bits per heavy atom. The second kappa shape index (κ2) is 4.46. The number of nitrogens with zero attached hydrogens (tertiary/aromatic N) is 1. The molecule has 1 atom stereocenters. The fraction of sp³-hybridized carbons (Fsp3) is 0.357. The quantitative estimate of drug-likeness (QED) is 0.874. The number of carboxylic acid groups (broad SMARTS) is 1. The van der Waals surface area contributed by atoms with Crippen LogP contribution in [0.1, 0.15) is 37.1 Å². The zero-order chi connectivity index (χ0) is 13.4. The van der Waals surface area contributed by atoms with Crippen LogP contribution < -0.4 is 5.73 Å². The molecule has 3 N–H and O–H groups in total. The van der Waals surface area contributed by atoms with Crippen LogP contribution >= 0.6 is 0 Å². The van der Waals surface area contributed by atoms with Crippen molar-refractivity contribution in [1.82, 2.24) is 4.57 Å². The van der Waals surface area contributed by atoms with Crippen LogP contribution in [0.4, 0.5) is 0 Å². The van der Waals surface area contributed by atoms with Crippen molar-refractivity contribution in [2.45, 2.75) is 32.9 Å². The Bertz CT molecular complexity index is 599. The molecule has 0 aliphatic rings. The molecule has 96 valence electrons. The van der Waals surface area contributed by atoms with Crippen LogP contribution in [0.5, 0.6) is 0 Å². The lowest BCUT2D eigenvalue weighted by molar-refractivity contribution is -0.138. The number of aromatic nitrogens is 1. The second-order valence-electron chi connectivity index (χ2n) is 4.87. The summed E-state index contributed by atoms with van der Waals surface area (Å²) in [5.41, 5.74) is 8.63. The van der Waals surface area contributed by atoms with E-state index in [9.17, 15) is 4.79 Å². The Labute approximate surface area is 106 Å². The molecule has 0 fully saturated rings. The molecule has 0 aliphatic heterocycles. The smallest absolute Gasteiger partial charge is 0.325 e. The fourth-order valence-electron chi connectivity index (χ4n) is 2.31. The predicted octanol–water partition coefficient (Wildman–Crippen LogP) is 2.62. The first-order chi connectivity index (χ1) is 8.43. The number of rotatable bonds is 3. The van der Waals surface area contributed by atoms with Gasteiger partial charge in [0.15, 0.2) is 0 Å². The molecule has 4 nitrogen and oxygen atoms in total. The molecule has 4 heteroatoms. The second-order valence-corrected chi connectivity index (χ2v) is 4.87. The van der Waals surface area contributed by atoms with Gasteiger partial charge in [0, 0.05) is 23.2 Å². The molecule has 1 aromatic heterocycles. The molecule has 0 amide bonds. The van der Waals surface area contributed by atoms with Crippen molar-refractivity contribution >= 4 is 16.9 Å². The Kier molecular flexibility index (Phi) is 3.13. The normalized spacial score (nSPS) is 13.2. The predicted molar refractivity (Wildman–Crippen MR) is 71.6 cm³/mol. The van der Waals surface area contributed by atoms with Gasteiger partial charge < -0.3 is 15.4 Å². The Morgan fingerprint density at radius 2 is 2.06 bits per heavy atom. The number of carboxylic acids is 1. The summed E-state index contributed by atoms with van der Waals surface area (Å²) in [6, 6.07) is 5.18. The van der Waals surface area contributed by atoms with E-state index in [0.29, 0.717) is 5.56 Å². The summed E-state index contributed by atoms with van der Waals surface area (Å²) in [5, 5.41) is 10.0. The van der Waals surface area contributed by atoms with Crippen LogP contribution in [0.25, 0.3) is 10.9 Å². The molecule has 0 radical (unpaired) electrons. The molecule has 0 bridgehead atoms. The van der Waals surface area contributed by atoms with Gasteiger partial charge in [-0.1, -0.05) is 18.2 Å². The van der Waals surface area contributed by atoms with Crippen LogP contribution in [-0.2, 0) is 4.79 Å². The van der Waals surface area contributed by atoms with Gasteiger partial charge in [-0.2, -0.15) is 0 Å². The largest absolute Gasteiger partial charge is 0.480 e. The average molecular weight is 246 g/mol. The van der Waals surface area contributed by atoms with Crippen molar-refractivity contribution in [2.24, 2.45) is 5.73 Å². The number of hydrogen-bond acceptors (Lipinski definition) is 2. The summed E-state index contributed by atoms with van der Waals surface area (Å²) in [7, 11) is 0. The summed E-state index contributed by atoms with van der Waals surface area (Å²) in [6.07, 6.45) is 1.86. The van der Waals surface area contributed by atoms with Gasteiger partial charge in [-0.05, 0) is 26.3 Å². The Balaban J connectivity index is 2.77. The first-order valence-electron chi connectivity index (χ1n) is 6.02. The molecular weight excluding hydrogens is 228 g/mol. The standard InChI is InChI=1S/C14H18N2O2/c1-8(2)16-7-11(12(15)14(17)18)10-6-4-5-9(3)13(10)16/h4-8,12H,15H2,1-3H3,(H,17,18). The van der Waals surface area contributed by atoms with E-state index < -0.39 is 12.0 Å². The number of carbonyl (C=O) groups is 1. The highest BCUT2D eigenvalue weighted by molar-refractivity contribution is 5.91. The van der Waals surface area contributed by atoms with E-state index in [4.69, 9.17) is 10.8 Å². The number of nitrogens with two attached hydrogens (primary N) is 1. The molecule has 1 aromatic carbocycles. The number of para-hydroxylation sites is 1. The molecular formula is C14H18N2O2. The van der Waals surface area contributed by atoms with E-state index in [1.54, 1.807) is 0 Å². The maximum Gasteiger partial charge on any atom is 0.325 e. The van der Waals surface area contributed by atoms with Gasteiger partial charge in [-0.25, -0.2) is 0 Å². The maximum absolute atomic E-state index is 11.1. The highest BCUT2D eigenvalue weighted by atomic mass is 16.4. The molecule has 2 rings (SSSR count). The molecule has 0 spiro atoms. The molecule has 1 unspecified atom stereocenters. The van der Waals surface area contributed by atoms with Crippen LogP contribution in [0.15, 0.2) is 24.4 Å². The highest BCUT2D eigenvalue weighted by Crippen LogP contribution is 2.30. The van der Waals surface area contributed by atoms with Crippen molar-refractivity contribution in [3.05, 3.63) is 35.5 Å². The van der Waals surface area contributed by atoms with E-state index in [-0.39, 0.29) is 6.04 Å². The lowest BCUT2D eigenvalue weighted by Crippen LogP contribution is -2.20. The molecule has 1 heterocycles. The zero-order valence-electron chi connectivity index (χ0n) is 10.8. The molecule has 0 saturated carbocycles. The molecule has 2 aromatic rings. The van der Waals surface area contributed by atoms with E-state index in [0.717, 1.165) is 16.5 Å². The lowest BCUT2D eigenvalue weighted by atomic mass is 10.0. The van der Waals surface area contributed by atoms with Crippen molar-refractivity contribution in [3.8, 4) is 0 Å². The van der Waals surface area contributed by atoms with Gasteiger partial charge >= 0.3 is 5.97 Å². The molecule has 18 heavy (non-hydrogen) atoms. The maximum atomic E-state index is 11.1. The minimum Gasteiger partial charge on any atom is -0.480 e. The summed E-state index contributed by atoms with van der Waals surface area (Å²) in [6.45, 7) is 6.17. The van der Waals surface area contributed by atoms with E-state index >= 15 is 0 Å². The molecule has 0 saturated heterocycles. The van der Waals surface area contributed by atoms with Crippen LogP contribution in [0, 0.1) is 6.92 Å². The highest BCUT2D eigenvalue weighted by Gasteiger charge is 2.21. The Hall–Kier alpha value is -1.81. The lowest BCUT2D eigenvalue weighted by Gasteiger charge is -2.10. The van der Waals surface area contributed by atoms with Crippen molar-refractivity contribution in [3.63, 3.8) is 0 Å². The van der Waals surface area contributed by atoms with Crippen molar-refractivity contribution in [1.29, 1.82) is 0 Å². The van der Waals surface area contributed by atoms with Crippen molar-refractivity contribution in [2.75, 3.05) is 0 Å². The van der Waals surface area contributed by atoms with Crippen LogP contribution in [0.3, 0.4) is 0 Å². The fourth-order valence-corrected chi connectivity index (χ4v) is 2.31. The minimum atomic E-state index is -1.00. The van der Waals surface area contributed by atoms with E-state index in [1.165, 1.54) is 0 Å². The number of aliphatic carboxylic acids is 1. The number of fused-ring (bicyclic) bond motifs is 1. The van der Waals surface area contributed by atoms with Crippen LogP contribution in [0.2, 0.25) is 0 Å². The third-order valence-corrected chi connectivity index (χ3v) is 3.24. The van der Waals surface area contributed by atoms with Gasteiger partial charge in [-0.15, -0.1) is 0 Å². The summed E-state index contributed by atoms with van der Waals surface area (Å²) >= 11 is 0. The summed E-state index contributed by atoms with van der Waals surface area (Å²) < 4.78 is 2.09. The monoisotopic (exact) mass is 246 g/mol. The average Bonchev–Trinajstić information content (AvgIpc) is 2.69. The first-order valence-corrected chi connectivity index (χ1v) is 6.02. The van der Waals surface area contributed by atoms with Crippen LogP contribution in [-0.4, -0.2) is 15.6 Å². The van der Waals surface area contributed by atoms with Gasteiger partial charge in [0.25, 0.3) is 0 Å². The molecule has 0 aliphatic carbocycles. The zero-order valence-corrected chi connectivity index (χ0v) is 10.8. The van der Waals surface area contributed by atoms with Gasteiger partial charge in [0.1, 0.15) is 6.04 Å². The third-order valence-electron chi connectivity index (χ3n) is 3.24. The first kappa shape index (κ1) is 12.6. The van der Waals surface area contributed by atoms with Gasteiger partial charge in [0.05, 0.1) is 5.52 Å². The van der Waals surface area contributed by atoms with Crippen molar-refractivity contribution < 1.29 is 9.90 Å². The number of hydrogen-bond donors (Lipinski definition) is 2. The minimum absolute atomic E-state index is 0.267. The van der Waals surface area contributed by atoms with E-state index in [2.05, 4.69) is 18.4 Å². The topological polar surface area (TPSA) is 68.2 Å². The Morgan fingerprint density at radius 3 is 2.61 bits per heavy atom. The van der Waals surface area contributed by atoms with E-state index in [1.807, 2.05) is 31.3 Å². The summed E-state index contributed by atoms with van der Waals surface area (Å²) in [4.78, 5) is 11.1. The SMILES string of the molecule is Cc1cccc2c(C(N)C(=O)O)cn(C(C)C)c12. The summed E-state index contributed by atoms with van der Waals surface area (Å²) in [5.74, 6) is -1.00. The van der Waals surface area contributed by atoms with Gasteiger partial charge in [-0.3, -0.25) is 4.79 Å². The van der Waals surface area contributed by atoms with Gasteiger partial charge in [0.2, 0.25) is 0 Å².